The molecule has 0 atom stereocenters. The number of benzene rings is 1. The number of rotatable bonds is 6. The average molecular weight is 297 g/mol. The van der Waals surface area contributed by atoms with Gasteiger partial charge in [-0.05, 0) is 25.3 Å². The third-order valence-corrected chi connectivity index (χ3v) is 3.06. The van der Waals surface area contributed by atoms with Crippen molar-refractivity contribution in [2.24, 2.45) is 5.92 Å². The van der Waals surface area contributed by atoms with Gasteiger partial charge in [0.2, 0.25) is 11.8 Å². The lowest BCUT2D eigenvalue weighted by Crippen LogP contribution is -2.29. The van der Waals surface area contributed by atoms with Crippen LogP contribution in [0.1, 0.15) is 19.8 Å². The molecule has 0 radical (unpaired) electrons. The maximum atomic E-state index is 13.3. The standard InChI is InChI=1S/C14H17F2N3O2/c1-8(20)18-12-4-10(15)11(16)5-13(12)19-14(21)7-17-6-9-2-3-9/h4-5,9,17H,2-3,6-7H2,1H3,(H,18,20)(H,19,21). The number of halogens is 2. The fraction of sp³-hybridized carbons (Fsp3) is 0.429. The minimum absolute atomic E-state index is 0.0249. The second-order valence-corrected chi connectivity index (χ2v) is 5.12. The van der Waals surface area contributed by atoms with Crippen LogP contribution in [-0.4, -0.2) is 24.9 Å². The summed E-state index contributed by atoms with van der Waals surface area (Å²) in [5.74, 6) is -2.37. The summed E-state index contributed by atoms with van der Waals surface area (Å²) in [6.45, 7) is 2.09. The number of anilines is 2. The van der Waals surface area contributed by atoms with Gasteiger partial charge in [-0.25, -0.2) is 8.78 Å². The molecule has 0 spiro atoms. The summed E-state index contributed by atoms with van der Waals surface area (Å²) in [4.78, 5) is 22.8. The van der Waals surface area contributed by atoms with E-state index in [2.05, 4.69) is 16.0 Å². The van der Waals surface area contributed by atoms with E-state index in [1.165, 1.54) is 19.8 Å². The third kappa shape index (κ3) is 4.78. The summed E-state index contributed by atoms with van der Waals surface area (Å²) in [6, 6.07) is 1.68. The third-order valence-electron chi connectivity index (χ3n) is 3.06. The molecule has 7 heteroatoms. The average Bonchev–Trinajstić information content (AvgIpc) is 3.19. The van der Waals surface area contributed by atoms with Crippen molar-refractivity contribution in [3.8, 4) is 0 Å². The highest BCUT2D eigenvalue weighted by atomic mass is 19.2. The minimum atomic E-state index is -1.09. The molecule has 1 fully saturated rings. The molecule has 0 bridgehead atoms. The fourth-order valence-electron chi connectivity index (χ4n) is 1.85. The van der Waals surface area contributed by atoms with E-state index in [9.17, 15) is 18.4 Å². The van der Waals surface area contributed by atoms with Crippen molar-refractivity contribution in [3.05, 3.63) is 23.8 Å². The first-order valence-electron chi connectivity index (χ1n) is 6.73. The second kappa shape index (κ2) is 6.62. The van der Waals surface area contributed by atoms with Gasteiger partial charge in [-0.15, -0.1) is 0 Å². The Morgan fingerprint density at radius 2 is 1.71 bits per heavy atom. The molecule has 1 aromatic carbocycles. The summed E-state index contributed by atoms with van der Waals surface area (Å²) in [5.41, 5.74) is 0.0549. The van der Waals surface area contributed by atoms with E-state index >= 15 is 0 Å². The smallest absolute Gasteiger partial charge is 0.238 e. The Bertz CT molecular complexity index is 559. The Hall–Kier alpha value is -2.02. The highest BCUT2D eigenvalue weighted by Gasteiger charge is 2.20. The van der Waals surface area contributed by atoms with Crippen molar-refractivity contribution in [1.29, 1.82) is 0 Å². The maximum absolute atomic E-state index is 13.3. The molecule has 0 aliphatic heterocycles. The lowest BCUT2D eigenvalue weighted by molar-refractivity contribution is -0.116. The minimum Gasteiger partial charge on any atom is -0.324 e. The van der Waals surface area contributed by atoms with Gasteiger partial charge in [0, 0.05) is 19.1 Å². The molecule has 2 amide bonds. The van der Waals surface area contributed by atoms with Gasteiger partial charge in [0.25, 0.3) is 0 Å². The molecule has 21 heavy (non-hydrogen) atoms. The molecule has 1 aliphatic rings. The van der Waals surface area contributed by atoms with Crippen molar-refractivity contribution >= 4 is 23.2 Å². The highest BCUT2D eigenvalue weighted by molar-refractivity contribution is 5.99. The SMILES string of the molecule is CC(=O)Nc1cc(F)c(F)cc1NC(=O)CNCC1CC1. The zero-order valence-electron chi connectivity index (χ0n) is 11.6. The molecule has 1 saturated carbocycles. The molecular formula is C14H17F2N3O2. The Morgan fingerprint density at radius 3 is 2.24 bits per heavy atom. The van der Waals surface area contributed by atoms with E-state index in [0.717, 1.165) is 18.7 Å². The van der Waals surface area contributed by atoms with E-state index < -0.39 is 17.5 Å². The first kappa shape index (κ1) is 15.4. The Kier molecular flexibility index (Phi) is 4.85. The van der Waals surface area contributed by atoms with Gasteiger partial charge >= 0.3 is 0 Å². The van der Waals surface area contributed by atoms with Crippen LogP contribution in [0.3, 0.4) is 0 Å². The Balaban J connectivity index is 2.00. The van der Waals surface area contributed by atoms with Crippen LogP contribution in [0.5, 0.6) is 0 Å². The quantitative estimate of drug-likeness (QED) is 0.750. The van der Waals surface area contributed by atoms with Gasteiger partial charge in [-0.1, -0.05) is 0 Å². The second-order valence-electron chi connectivity index (χ2n) is 5.12. The van der Waals surface area contributed by atoms with Gasteiger partial charge in [0.15, 0.2) is 11.6 Å². The van der Waals surface area contributed by atoms with Crippen LogP contribution in [-0.2, 0) is 9.59 Å². The number of hydrogen-bond acceptors (Lipinski definition) is 3. The molecule has 3 N–H and O–H groups in total. The molecule has 2 rings (SSSR count). The number of hydrogen-bond donors (Lipinski definition) is 3. The van der Waals surface area contributed by atoms with Crippen LogP contribution < -0.4 is 16.0 Å². The molecule has 0 saturated heterocycles. The molecule has 114 valence electrons. The normalized spacial score (nSPS) is 13.9. The largest absolute Gasteiger partial charge is 0.324 e. The molecule has 5 nitrogen and oxygen atoms in total. The zero-order chi connectivity index (χ0) is 15.4. The molecular weight excluding hydrogens is 280 g/mol. The van der Waals surface area contributed by atoms with Crippen LogP contribution in [0, 0.1) is 17.6 Å². The first-order valence-corrected chi connectivity index (χ1v) is 6.73. The van der Waals surface area contributed by atoms with Crippen molar-refractivity contribution in [2.75, 3.05) is 23.7 Å². The Labute approximate surface area is 121 Å². The van der Waals surface area contributed by atoms with Gasteiger partial charge in [0.1, 0.15) is 0 Å². The summed E-state index contributed by atoms with van der Waals surface area (Å²) >= 11 is 0. The van der Waals surface area contributed by atoms with Gasteiger partial charge in [-0.3, -0.25) is 9.59 Å². The fourth-order valence-corrected chi connectivity index (χ4v) is 1.85. The van der Waals surface area contributed by atoms with E-state index in [-0.39, 0.29) is 23.8 Å². The zero-order valence-corrected chi connectivity index (χ0v) is 11.6. The number of carbonyl (C=O) groups excluding carboxylic acids is 2. The summed E-state index contributed by atoms with van der Waals surface area (Å²) in [5, 5.41) is 7.79. The molecule has 0 heterocycles. The van der Waals surface area contributed by atoms with E-state index in [4.69, 9.17) is 0 Å². The van der Waals surface area contributed by atoms with Crippen LogP contribution >= 0.6 is 0 Å². The monoisotopic (exact) mass is 297 g/mol. The van der Waals surface area contributed by atoms with E-state index in [0.29, 0.717) is 5.92 Å². The first-order chi connectivity index (χ1) is 9.95. The lowest BCUT2D eigenvalue weighted by atomic mass is 10.2. The topological polar surface area (TPSA) is 70.2 Å². The predicted octanol–water partition coefficient (Wildman–Crippen LogP) is 1.86. The van der Waals surface area contributed by atoms with Crippen molar-refractivity contribution in [2.45, 2.75) is 19.8 Å². The van der Waals surface area contributed by atoms with Gasteiger partial charge in [-0.2, -0.15) is 0 Å². The van der Waals surface area contributed by atoms with Crippen LogP contribution in [0.4, 0.5) is 20.2 Å². The maximum Gasteiger partial charge on any atom is 0.238 e. The molecule has 1 aliphatic carbocycles. The molecule has 0 unspecified atom stereocenters. The Morgan fingerprint density at radius 1 is 1.14 bits per heavy atom. The van der Waals surface area contributed by atoms with E-state index in [1.807, 2.05) is 0 Å². The van der Waals surface area contributed by atoms with Crippen molar-refractivity contribution in [3.63, 3.8) is 0 Å². The number of amides is 2. The van der Waals surface area contributed by atoms with Crippen LogP contribution in [0.25, 0.3) is 0 Å². The van der Waals surface area contributed by atoms with Gasteiger partial charge < -0.3 is 16.0 Å². The highest BCUT2D eigenvalue weighted by Crippen LogP contribution is 2.27. The van der Waals surface area contributed by atoms with Crippen LogP contribution in [0.2, 0.25) is 0 Å². The summed E-state index contributed by atoms with van der Waals surface area (Å²) in [6.07, 6.45) is 2.34. The van der Waals surface area contributed by atoms with Crippen LogP contribution in [0.15, 0.2) is 12.1 Å². The lowest BCUT2D eigenvalue weighted by Gasteiger charge is -2.12. The number of carbonyl (C=O) groups is 2. The molecule has 1 aromatic rings. The predicted molar refractivity (Wildman–Crippen MR) is 74.9 cm³/mol. The summed E-state index contributed by atoms with van der Waals surface area (Å²) < 4.78 is 26.5. The van der Waals surface area contributed by atoms with Crippen molar-refractivity contribution < 1.29 is 18.4 Å². The van der Waals surface area contributed by atoms with E-state index in [1.54, 1.807) is 0 Å². The number of nitrogens with one attached hydrogen (secondary N) is 3. The van der Waals surface area contributed by atoms with Crippen molar-refractivity contribution in [1.82, 2.24) is 5.32 Å². The molecule has 0 aromatic heterocycles. The van der Waals surface area contributed by atoms with Gasteiger partial charge in [0.05, 0.1) is 17.9 Å². The summed E-state index contributed by atoms with van der Waals surface area (Å²) in [7, 11) is 0.